The molecule has 0 radical (unpaired) electrons. The molecule has 1 N–H and O–H groups in total. The van der Waals surface area contributed by atoms with Gasteiger partial charge in [0.2, 0.25) is 11.8 Å². The van der Waals surface area contributed by atoms with Crippen molar-refractivity contribution in [1.29, 1.82) is 0 Å². The van der Waals surface area contributed by atoms with Crippen LogP contribution in [0.5, 0.6) is 0 Å². The summed E-state index contributed by atoms with van der Waals surface area (Å²) in [6.45, 7) is 6.23. The fraction of sp³-hybridized carbons (Fsp3) is 0.263. The van der Waals surface area contributed by atoms with Gasteiger partial charge in [-0.2, -0.15) is 0 Å². The Bertz CT molecular complexity index is 759. The molecule has 0 aliphatic heterocycles. The van der Waals surface area contributed by atoms with Crippen LogP contribution in [0.3, 0.4) is 0 Å². The van der Waals surface area contributed by atoms with Crippen LogP contribution in [-0.4, -0.2) is 18.4 Å². The summed E-state index contributed by atoms with van der Waals surface area (Å²) < 4.78 is 0. The van der Waals surface area contributed by atoms with Crippen LogP contribution >= 0.6 is 11.6 Å². The van der Waals surface area contributed by atoms with E-state index >= 15 is 0 Å². The number of amides is 2. The van der Waals surface area contributed by atoms with Crippen molar-refractivity contribution >= 4 is 34.8 Å². The standard InChI is InChI=1S/C19H21ClN2O2/c1-4-22(16-7-5-6-13(2)10-16)19(24)12-18(23)21-17-9-8-15(20)11-14(17)3/h5-11H,4,12H2,1-3H3,(H,21,23). The molecule has 0 aliphatic rings. The van der Waals surface area contributed by atoms with Crippen molar-refractivity contribution in [2.45, 2.75) is 27.2 Å². The predicted molar refractivity (Wildman–Crippen MR) is 98.6 cm³/mol. The minimum absolute atomic E-state index is 0.205. The number of carbonyl (C=O) groups is 2. The van der Waals surface area contributed by atoms with Crippen molar-refractivity contribution in [3.05, 3.63) is 58.6 Å². The van der Waals surface area contributed by atoms with Gasteiger partial charge in [-0.25, -0.2) is 0 Å². The summed E-state index contributed by atoms with van der Waals surface area (Å²) in [7, 11) is 0. The van der Waals surface area contributed by atoms with Gasteiger partial charge in [0, 0.05) is 22.9 Å². The van der Waals surface area contributed by atoms with Gasteiger partial charge in [0.05, 0.1) is 0 Å². The molecule has 0 bridgehead atoms. The van der Waals surface area contributed by atoms with Crippen LogP contribution in [0.25, 0.3) is 0 Å². The number of nitrogens with zero attached hydrogens (tertiary/aromatic N) is 1. The van der Waals surface area contributed by atoms with Crippen molar-refractivity contribution in [3.63, 3.8) is 0 Å². The summed E-state index contributed by atoms with van der Waals surface area (Å²) in [5.74, 6) is -0.566. The Hall–Kier alpha value is -2.33. The first-order chi connectivity index (χ1) is 11.4. The summed E-state index contributed by atoms with van der Waals surface area (Å²) in [6.07, 6.45) is -0.205. The molecular weight excluding hydrogens is 324 g/mol. The van der Waals surface area contributed by atoms with Crippen molar-refractivity contribution < 1.29 is 9.59 Å². The third-order valence-electron chi connectivity index (χ3n) is 3.70. The Balaban J connectivity index is 2.05. The van der Waals surface area contributed by atoms with Crippen LogP contribution in [0.1, 0.15) is 24.5 Å². The second-order valence-corrected chi connectivity index (χ2v) is 6.10. The number of carbonyl (C=O) groups excluding carboxylic acids is 2. The molecule has 0 aromatic heterocycles. The molecule has 5 heteroatoms. The average Bonchev–Trinajstić information content (AvgIpc) is 2.51. The number of benzene rings is 2. The maximum Gasteiger partial charge on any atom is 0.236 e. The van der Waals surface area contributed by atoms with Crippen LogP contribution < -0.4 is 10.2 Å². The molecular formula is C19H21ClN2O2. The Morgan fingerprint density at radius 2 is 1.88 bits per heavy atom. The number of rotatable bonds is 5. The second kappa shape index (κ2) is 7.97. The zero-order valence-corrected chi connectivity index (χ0v) is 14.9. The van der Waals surface area contributed by atoms with Crippen LogP contribution in [0.15, 0.2) is 42.5 Å². The van der Waals surface area contributed by atoms with E-state index in [-0.39, 0.29) is 18.2 Å². The predicted octanol–water partition coefficient (Wildman–Crippen LogP) is 4.34. The summed E-state index contributed by atoms with van der Waals surface area (Å²) in [5.41, 5.74) is 3.39. The van der Waals surface area contributed by atoms with Crippen LogP contribution in [-0.2, 0) is 9.59 Å². The molecule has 126 valence electrons. The fourth-order valence-corrected chi connectivity index (χ4v) is 2.72. The molecule has 0 saturated heterocycles. The highest BCUT2D eigenvalue weighted by atomic mass is 35.5. The van der Waals surface area contributed by atoms with E-state index in [2.05, 4.69) is 5.32 Å². The lowest BCUT2D eigenvalue weighted by atomic mass is 10.2. The molecule has 0 unspecified atom stereocenters. The molecule has 0 atom stereocenters. The van der Waals surface area contributed by atoms with E-state index in [9.17, 15) is 9.59 Å². The first-order valence-electron chi connectivity index (χ1n) is 7.83. The first-order valence-corrected chi connectivity index (χ1v) is 8.21. The SMILES string of the molecule is CCN(C(=O)CC(=O)Nc1ccc(Cl)cc1C)c1cccc(C)c1. The number of anilines is 2. The Kier molecular flexibility index (Phi) is 5.99. The molecule has 2 aromatic carbocycles. The Morgan fingerprint density at radius 1 is 1.12 bits per heavy atom. The Morgan fingerprint density at radius 3 is 2.50 bits per heavy atom. The maximum atomic E-state index is 12.5. The topological polar surface area (TPSA) is 49.4 Å². The minimum atomic E-state index is -0.337. The lowest BCUT2D eigenvalue weighted by molar-refractivity contribution is -0.125. The highest BCUT2D eigenvalue weighted by molar-refractivity contribution is 6.30. The number of hydrogen-bond acceptors (Lipinski definition) is 2. The van der Waals surface area contributed by atoms with Crippen LogP contribution in [0.2, 0.25) is 5.02 Å². The van der Waals surface area contributed by atoms with Gasteiger partial charge in [0.1, 0.15) is 6.42 Å². The van der Waals surface area contributed by atoms with E-state index in [1.807, 2.05) is 45.0 Å². The first kappa shape index (κ1) is 18.0. The molecule has 0 fully saturated rings. The summed E-state index contributed by atoms with van der Waals surface area (Å²) in [5, 5.41) is 3.37. The molecule has 4 nitrogen and oxygen atoms in total. The number of nitrogens with one attached hydrogen (secondary N) is 1. The summed E-state index contributed by atoms with van der Waals surface area (Å²) in [4.78, 5) is 26.3. The van der Waals surface area contributed by atoms with Gasteiger partial charge in [-0.3, -0.25) is 9.59 Å². The van der Waals surface area contributed by atoms with E-state index in [1.54, 1.807) is 23.1 Å². The zero-order valence-electron chi connectivity index (χ0n) is 14.1. The van der Waals surface area contributed by atoms with Crippen LogP contribution in [0, 0.1) is 13.8 Å². The van der Waals surface area contributed by atoms with Gasteiger partial charge in [-0.05, 0) is 62.2 Å². The zero-order chi connectivity index (χ0) is 17.7. The van der Waals surface area contributed by atoms with Crippen molar-refractivity contribution in [2.75, 3.05) is 16.8 Å². The van der Waals surface area contributed by atoms with E-state index in [1.165, 1.54) is 0 Å². The number of aryl methyl sites for hydroxylation is 2. The molecule has 0 heterocycles. The van der Waals surface area contributed by atoms with Gasteiger partial charge in [0.25, 0.3) is 0 Å². The normalized spacial score (nSPS) is 10.3. The number of hydrogen-bond donors (Lipinski definition) is 1. The van der Waals surface area contributed by atoms with Gasteiger partial charge >= 0.3 is 0 Å². The summed E-state index contributed by atoms with van der Waals surface area (Å²) in [6, 6.07) is 12.9. The minimum Gasteiger partial charge on any atom is -0.325 e. The molecule has 2 rings (SSSR count). The average molecular weight is 345 g/mol. The Labute approximate surface area is 147 Å². The fourth-order valence-electron chi connectivity index (χ4n) is 2.49. The van der Waals surface area contributed by atoms with Gasteiger partial charge in [-0.15, -0.1) is 0 Å². The van der Waals surface area contributed by atoms with E-state index in [0.717, 1.165) is 16.8 Å². The van der Waals surface area contributed by atoms with E-state index in [0.29, 0.717) is 17.3 Å². The van der Waals surface area contributed by atoms with Crippen molar-refractivity contribution in [1.82, 2.24) is 0 Å². The molecule has 2 amide bonds. The molecule has 0 saturated carbocycles. The van der Waals surface area contributed by atoms with E-state index in [4.69, 9.17) is 11.6 Å². The van der Waals surface area contributed by atoms with Crippen molar-refractivity contribution in [3.8, 4) is 0 Å². The number of halogens is 1. The van der Waals surface area contributed by atoms with Gasteiger partial charge in [-0.1, -0.05) is 23.7 Å². The lowest BCUT2D eigenvalue weighted by Gasteiger charge is -2.21. The lowest BCUT2D eigenvalue weighted by Crippen LogP contribution is -2.33. The molecule has 0 aliphatic carbocycles. The largest absolute Gasteiger partial charge is 0.325 e. The third-order valence-corrected chi connectivity index (χ3v) is 3.94. The quantitative estimate of drug-likeness (QED) is 0.820. The van der Waals surface area contributed by atoms with Crippen LogP contribution in [0.4, 0.5) is 11.4 Å². The molecule has 24 heavy (non-hydrogen) atoms. The van der Waals surface area contributed by atoms with E-state index < -0.39 is 0 Å². The molecule has 0 spiro atoms. The second-order valence-electron chi connectivity index (χ2n) is 5.66. The summed E-state index contributed by atoms with van der Waals surface area (Å²) >= 11 is 5.91. The smallest absolute Gasteiger partial charge is 0.236 e. The van der Waals surface area contributed by atoms with Crippen molar-refractivity contribution in [2.24, 2.45) is 0 Å². The highest BCUT2D eigenvalue weighted by Crippen LogP contribution is 2.20. The molecule has 2 aromatic rings. The maximum absolute atomic E-state index is 12.5. The highest BCUT2D eigenvalue weighted by Gasteiger charge is 2.18. The monoisotopic (exact) mass is 344 g/mol. The van der Waals surface area contributed by atoms with Gasteiger partial charge < -0.3 is 10.2 Å². The van der Waals surface area contributed by atoms with Gasteiger partial charge in [0.15, 0.2) is 0 Å². The third kappa shape index (κ3) is 4.59.